The number of methoxy groups -OCH3 is 1. The van der Waals surface area contributed by atoms with E-state index in [9.17, 15) is 23.4 Å². The number of phenols is 1. The van der Waals surface area contributed by atoms with E-state index in [-0.39, 0.29) is 35.7 Å². The van der Waals surface area contributed by atoms with Crippen LogP contribution in [0.2, 0.25) is 0 Å². The van der Waals surface area contributed by atoms with E-state index in [1.165, 1.54) is 19.2 Å². The molecule has 0 heterocycles. The smallest absolute Gasteiger partial charge is 0.416 e. The third-order valence-electron chi connectivity index (χ3n) is 8.38. The molecule has 188 valence electrons. The predicted molar refractivity (Wildman–Crippen MR) is 124 cm³/mol. The third kappa shape index (κ3) is 4.16. The van der Waals surface area contributed by atoms with Crippen LogP contribution in [0.3, 0.4) is 0 Å². The lowest BCUT2D eigenvalue weighted by molar-refractivity contribution is -0.137. The maximum Gasteiger partial charge on any atom is 0.416 e. The van der Waals surface area contributed by atoms with Crippen LogP contribution in [-0.4, -0.2) is 23.4 Å². The Morgan fingerprint density at radius 3 is 2.54 bits per heavy atom. The van der Waals surface area contributed by atoms with Crippen LogP contribution in [0.5, 0.6) is 11.5 Å². The van der Waals surface area contributed by atoms with Gasteiger partial charge in [0.1, 0.15) is 0 Å². The molecule has 2 saturated carbocycles. The first-order valence-corrected chi connectivity index (χ1v) is 12.0. The number of phenolic OH excluding ortho intramolecular Hbond substituents is 1. The summed E-state index contributed by atoms with van der Waals surface area (Å²) in [7, 11) is 1.52. The van der Waals surface area contributed by atoms with Crippen LogP contribution >= 0.6 is 0 Å². The summed E-state index contributed by atoms with van der Waals surface area (Å²) in [6, 6.07) is 8.43. The van der Waals surface area contributed by atoms with Gasteiger partial charge in [0.05, 0.1) is 31.1 Å². The summed E-state index contributed by atoms with van der Waals surface area (Å²) in [4.78, 5) is 5.71. The predicted octanol–water partition coefficient (Wildman–Crippen LogP) is 5.77. The molecule has 0 aliphatic heterocycles. The maximum absolute atomic E-state index is 12.8. The number of aliphatic hydroxyl groups is 1. The molecule has 35 heavy (non-hydrogen) atoms. The van der Waals surface area contributed by atoms with Gasteiger partial charge in [-0.05, 0) is 84.2 Å². The number of fused-ring (bicyclic) bond motifs is 5. The van der Waals surface area contributed by atoms with E-state index >= 15 is 0 Å². The molecule has 2 aromatic rings. The van der Waals surface area contributed by atoms with E-state index in [0.717, 1.165) is 48.9 Å². The van der Waals surface area contributed by atoms with Gasteiger partial charge in [-0.15, -0.1) is 0 Å². The number of halogens is 3. The van der Waals surface area contributed by atoms with Gasteiger partial charge >= 0.3 is 6.18 Å². The van der Waals surface area contributed by atoms with Crippen LogP contribution < -0.4 is 10.2 Å². The highest BCUT2D eigenvalue weighted by Crippen LogP contribution is 2.61. The number of hydrogen-bond donors (Lipinski definition) is 3. The number of hydrogen-bond acceptors (Lipinski definition) is 5. The number of hydroxylamine groups is 1. The summed E-state index contributed by atoms with van der Waals surface area (Å²) < 4.78 is 43.9. The van der Waals surface area contributed by atoms with Crippen molar-refractivity contribution in [2.75, 3.05) is 7.11 Å². The second kappa shape index (κ2) is 8.75. The Bertz CT molecular complexity index is 1130. The minimum absolute atomic E-state index is 0.0251. The van der Waals surface area contributed by atoms with Gasteiger partial charge < -0.3 is 14.9 Å². The summed E-state index contributed by atoms with van der Waals surface area (Å²) >= 11 is 0. The van der Waals surface area contributed by atoms with Gasteiger partial charge in [-0.2, -0.15) is 13.2 Å². The second-order valence-corrected chi connectivity index (χ2v) is 10.2. The van der Waals surface area contributed by atoms with E-state index in [1.807, 2.05) is 6.07 Å². The Labute approximate surface area is 202 Å². The summed E-state index contributed by atoms with van der Waals surface area (Å²) in [5.74, 6) is 1.18. The molecule has 0 saturated heterocycles. The van der Waals surface area contributed by atoms with Crippen molar-refractivity contribution in [3.8, 4) is 11.5 Å². The monoisotopic (exact) mass is 489 g/mol. The minimum atomic E-state index is -4.38. The van der Waals surface area contributed by atoms with Crippen molar-refractivity contribution >= 4 is 5.70 Å². The van der Waals surface area contributed by atoms with Crippen molar-refractivity contribution in [3.05, 3.63) is 64.7 Å². The largest absolute Gasteiger partial charge is 0.504 e. The second-order valence-electron chi connectivity index (χ2n) is 10.2. The van der Waals surface area contributed by atoms with Gasteiger partial charge in [-0.3, -0.25) is 10.3 Å². The fourth-order valence-electron chi connectivity index (χ4n) is 6.41. The summed E-state index contributed by atoms with van der Waals surface area (Å²) in [5.41, 5.74) is 5.35. The molecule has 3 N–H and O–H groups in total. The number of alkyl halides is 3. The third-order valence-corrected chi connectivity index (χ3v) is 8.38. The minimum Gasteiger partial charge on any atom is -0.504 e. The Kier molecular flexibility index (Phi) is 6.00. The topological polar surface area (TPSA) is 71.0 Å². The molecular formula is C27H30F3NO4. The molecule has 5 rings (SSSR count). The Morgan fingerprint density at radius 1 is 1.11 bits per heavy atom. The summed E-state index contributed by atoms with van der Waals surface area (Å²) in [6.45, 7) is 2.25. The highest BCUT2D eigenvalue weighted by atomic mass is 19.4. The summed E-state index contributed by atoms with van der Waals surface area (Å²) in [5, 5.41) is 21.2. The first-order chi connectivity index (χ1) is 16.6. The first-order valence-electron chi connectivity index (χ1n) is 12.0. The zero-order chi connectivity index (χ0) is 25.0. The van der Waals surface area contributed by atoms with Crippen LogP contribution in [0, 0.1) is 17.3 Å². The molecule has 0 amide bonds. The van der Waals surface area contributed by atoms with Gasteiger partial charge in [0.15, 0.2) is 11.5 Å². The molecule has 0 spiro atoms. The molecule has 0 aromatic heterocycles. The standard InChI is InChI=1S/C27H30F3NO4/c1-26-10-9-17-18-13-24(34-2)23(32)12-20(18)22(11-19(17)21(26)7-8-25(26)33)31-35-14-15-3-5-16(6-4-15)27(28,29)30/h3-6,11-13,17,19,21,25,31-33H,7-10,14H2,1-2H3/t17-,19-,21+,25+,26+/m1/s1. The highest BCUT2D eigenvalue weighted by molar-refractivity contribution is 5.72. The van der Waals surface area contributed by atoms with Crippen LogP contribution in [0.15, 0.2) is 42.5 Å². The molecule has 0 unspecified atom stereocenters. The number of rotatable bonds is 5. The van der Waals surface area contributed by atoms with E-state index in [0.29, 0.717) is 22.9 Å². The average Bonchev–Trinajstić information content (AvgIpc) is 3.13. The van der Waals surface area contributed by atoms with Crippen LogP contribution in [0.1, 0.15) is 60.8 Å². The molecule has 0 bridgehead atoms. The Morgan fingerprint density at radius 2 is 1.86 bits per heavy atom. The van der Waals surface area contributed by atoms with Crippen LogP contribution in [0.4, 0.5) is 13.2 Å². The summed E-state index contributed by atoms with van der Waals surface area (Å²) in [6.07, 6.45) is 1.04. The van der Waals surface area contributed by atoms with Gasteiger partial charge in [0.2, 0.25) is 0 Å². The lowest BCUT2D eigenvalue weighted by Gasteiger charge is -2.49. The highest BCUT2D eigenvalue weighted by Gasteiger charge is 2.54. The first kappa shape index (κ1) is 24.0. The molecule has 8 heteroatoms. The number of ether oxygens (including phenoxy) is 1. The zero-order valence-corrected chi connectivity index (χ0v) is 19.7. The fraction of sp³-hybridized carbons (Fsp3) is 0.481. The van der Waals surface area contributed by atoms with Crippen molar-refractivity contribution in [2.24, 2.45) is 17.3 Å². The fourth-order valence-corrected chi connectivity index (χ4v) is 6.41. The van der Waals surface area contributed by atoms with Crippen molar-refractivity contribution < 1.29 is 33.0 Å². The molecule has 3 aliphatic rings. The molecule has 2 aromatic carbocycles. The molecule has 0 radical (unpaired) electrons. The quantitative estimate of drug-likeness (QED) is 0.466. The lowest BCUT2D eigenvalue weighted by Crippen LogP contribution is -2.43. The SMILES string of the molecule is COc1cc2c(cc1O)C(NOCc1ccc(C(F)(F)F)cc1)=C[C@@H]1[C@@H]2CC[C@]2(C)[C@@H](O)CC[C@@H]12. The molecule has 5 nitrogen and oxygen atoms in total. The van der Waals surface area contributed by atoms with Crippen molar-refractivity contribution in [1.82, 2.24) is 5.48 Å². The number of nitrogens with one attached hydrogen (secondary N) is 1. The van der Waals surface area contributed by atoms with E-state index in [4.69, 9.17) is 9.57 Å². The lowest BCUT2D eigenvalue weighted by atomic mass is 9.56. The molecular weight excluding hydrogens is 459 g/mol. The number of benzene rings is 2. The van der Waals surface area contributed by atoms with Gasteiger partial charge in [0, 0.05) is 5.56 Å². The van der Waals surface area contributed by atoms with Crippen LogP contribution in [0.25, 0.3) is 5.70 Å². The maximum atomic E-state index is 12.8. The van der Waals surface area contributed by atoms with Crippen molar-refractivity contribution in [2.45, 2.75) is 57.4 Å². The number of aromatic hydroxyl groups is 1. The zero-order valence-electron chi connectivity index (χ0n) is 19.7. The average molecular weight is 490 g/mol. The molecule has 5 atom stereocenters. The van der Waals surface area contributed by atoms with E-state index < -0.39 is 11.7 Å². The normalized spacial score (nSPS) is 29.6. The molecule has 2 fully saturated rings. The van der Waals surface area contributed by atoms with Gasteiger partial charge in [-0.1, -0.05) is 25.1 Å². The number of allylic oxidation sites excluding steroid dienone is 1. The van der Waals surface area contributed by atoms with E-state index in [2.05, 4.69) is 18.5 Å². The Balaban J connectivity index is 1.41. The van der Waals surface area contributed by atoms with Crippen molar-refractivity contribution in [3.63, 3.8) is 0 Å². The van der Waals surface area contributed by atoms with Gasteiger partial charge in [0.25, 0.3) is 0 Å². The molecule has 3 aliphatic carbocycles. The Hall–Kier alpha value is -2.71. The van der Waals surface area contributed by atoms with Crippen LogP contribution in [-0.2, 0) is 17.6 Å². The van der Waals surface area contributed by atoms with Crippen molar-refractivity contribution in [1.29, 1.82) is 0 Å². The number of aliphatic hydroxyl groups excluding tert-OH is 1. The van der Waals surface area contributed by atoms with E-state index in [1.54, 1.807) is 6.07 Å². The van der Waals surface area contributed by atoms with Gasteiger partial charge in [-0.25, -0.2) is 0 Å².